The molecule has 0 saturated carbocycles. The normalized spacial score (nSPS) is 16.8. The minimum absolute atomic E-state index is 0. The predicted octanol–water partition coefficient (Wildman–Crippen LogP) is 2.90. The van der Waals surface area contributed by atoms with Crippen LogP contribution in [0.15, 0.2) is 23.1 Å². The molecule has 8 heteroatoms. The lowest BCUT2D eigenvalue weighted by Gasteiger charge is -2.26. The molecule has 26 heavy (non-hydrogen) atoms. The number of nitrogens with zero attached hydrogens (tertiary/aromatic N) is 1. The Hall–Kier alpha value is -1.15. The smallest absolute Gasteiger partial charge is 0.243 e. The molecule has 3 N–H and O–H groups in total. The van der Waals surface area contributed by atoms with E-state index in [1.165, 1.54) is 4.31 Å². The van der Waals surface area contributed by atoms with Crippen LogP contribution in [0, 0.1) is 12.8 Å². The summed E-state index contributed by atoms with van der Waals surface area (Å²) < 4.78 is 27.4. The first-order valence-electron chi connectivity index (χ1n) is 8.89. The van der Waals surface area contributed by atoms with E-state index < -0.39 is 16.1 Å². The predicted molar refractivity (Wildman–Crippen MR) is 107 cm³/mol. The third-order valence-electron chi connectivity index (χ3n) is 4.45. The van der Waals surface area contributed by atoms with Gasteiger partial charge < -0.3 is 11.1 Å². The fourth-order valence-corrected chi connectivity index (χ4v) is 4.82. The van der Waals surface area contributed by atoms with Gasteiger partial charge in [-0.3, -0.25) is 4.79 Å². The minimum atomic E-state index is -3.54. The average molecular weight is 404 g/mol. The van der Waals surface area contributed by atoms with Gasteiger partial charge in [-0.25, -0.2) is 8.42 Å². The Kier molecular flexibility index (Phi) is 8.53. The van der Waals surface area contributed by atoms with Crippen LogP contribution in [0.2, 0.25) is 0 Å². The molecule has 1 amide bonds. The van der Waals surface area contributed by atoms with E-state index in [1.807, 2.05) is 13.8 Å². The maximum absolute atomic E-state index is 12.9. The molecule has 1 aromatic carbocycles. The number of halogens is 1. The summed E-state index contributed by atoms with van der Waals surface area (Å²) in [6.07, 6.45) is 3.42. The van der Waals surface area contributed by atoms with Crippen LogP contribution in [-0.4, -0.2) is 37.8 Å². The van der Waals surface area contributed by atoms with Crippen molar-refractivity contribution < 1.29 is 13.2 Å². The van der Waals surface area contributed by atoms with Crippen LogP contribution in [0.25, 0.3) is 0 Å². The molecule has 6 nitrogen and oxygen atoms in total. The van der Waals surface area contributed by atoms with E-state index in [1.54, 1.807) is 25.1 Å². The number of sulfonamides is 1. The van der Waals surface area contributed by atoms with Gasteiger partial charge >= 0.3 is 0 Å². The van der Waals surface area contributed by atoms with Crippen molar-refractivity contribution in [1.29, 1.82) is 0 Å². The van der Waals surface area contributed by atoms with Crippen molar-refractivity contribution in [2.75, 3.05) is 18.4 Å². The zero-order chi connectivity index (χ0) is 18.6. The van der Waals surface area contributed by atoms with Crippen LogP contribution >= 0.6 is 12.4 Å². The summed E-state index contributed by atoms with van der Waals surface area (Å²) in [5, 5.41) is 2.74. The standard InChI is InChI=1S/C18H29N3O3S.ClH/c1-13(2)11-16(19)18(22)20-15-8-7-14(3)17(12-15)25(23,24)21-9-5-4-6-10-21;/h7-8,12-13,16H,4-6,9-11,19H2,1-3H3,(H,20,22);1H/t16-;/m0./s1. The Labute approximate surface area is 163 Å². The molecule has 0 bridgehead atoms. The molecular formula is C18H30ClN3O3S. The molecular weight excluding hydrogens is 374 g/mol. The van der Waals surface area contributed by atoms with Gasteiger partial charge in [0.25, 0.3) is 0 Å². The number of carbonyl (C=O) groups excluding carboxylic acids is 1. The van der Waals surface area contributed by atoms with Gasteiger partial charge in [0.1, 0.15) is 0 Å². The van der Waals surface area contributed by atoms with Crippen molar-refractivity contribution in [1.82, 2.24) is 4.31 Å². The first-order chi connectivity index (χ1) is 11.7. The Balaban J connectivity index is 0.00000338. The topological polar surface area (TPSA) is 92.5 Å². The second-order valence-electron chi connectivity index (χ2n) is 7.17. The molecule has 1 aliphatic heterocycles. The lowest BCUT2D eigenvalue weighted by molar-refractivity contribution is -0.117. The minimum Gasteiger partial charge on any atom is -0.325 e. The highest BCUT2D eigenvalue weighted by Crippen LogP contribution is 2.26. The van der Waals surface area contributed by atoms with Gasteiger partial charge in [0.2, 0.25) is 15.9 Å². The molecule has 1 aromatic rings. The first kappa shape index (κ1) is 22.9. The van der Waals surface area contributed by atoms with E-state index in [0.717, 1.165) is 19.3 Å². The number of piperidine rings is 1. The maximum Gasteiger partial charge on any atom is 0.243 e. The lowest BCUT2D eigenvalue weighted by atomic mass is 10.0. The highest BCUT2D eigenvalue weighted by atomic mass is 35.5. The van der Waals surface area contributed by atoms with Crippen molar-refractivity contribution in [3.63, 3.8) is 0 Å². The van der Waals surface area contributed by atoms with Gasteiger partial charge in [0, 0.05) is 18.8 Å². The average Bonchev–Trinajstić information content (AvgIpc) is 2.56. The molecule has 1 aliphatic rings. The van der Waals surface area contributed by atoms with Gasteiger partial charge in [-0.2, -0.15) is 4.31 Å². The SMILES string of the molecule is Cc1ccc(NC(=O)[C@@H](N)CC(C)C)cc1S(=O)(=O)N1CCCCC1.Cl. The summed E-state index contributed by atoms with van der Waals surface area (Å²) in [4.78, 5) is 12.5. The third kappa shape index (κ3) is 5.67. The van der Waals surface area contributed by atoms with Crippen molar-refractivity contribution >= 4 is 34.0 Å². The van der Waals surface area contributed by atoms with Crippen molar-refractivity contribution in [3.05, 3.63) is 23.8 Å². The monoisotopic (exact) mass is 403 g/mol. The molecule has 148 valence electrons. The molecule has 0 radical (unpaired) electrons. The summed E-state index contributed by atoms with van der Waals surface area (Å²) in [6, 6.07) is 4.37. The fraction of sp³-hybridized carbons (Fsp3) is 0.611. The summed E-state index contributed by atoms with van der Waals surface area (Å²) in [5.74, 6) is 0.0210. The number of nitrogens with one attached hydrogen (secondary N) is 1. The van der Waals surface area contributed by atoms with E-state index >= 15 is 0 Å². The van der Waals surface area contributed by atoms with Crippen molar-refractivity contribution in [3.8, 4) is 0 Å². The number of hydrogen-bond acceptors (Lipinski definition) is 4. The molecule has 1 heterocycles. The number of benzene rings is 1. The van der Waals surface area contributed by atoms with Gasteiger partial charge in [-0.1, -0.05) is 26.3 Å². The highest BCUT2D eigenvalue weighted by Gasteiger charge is 2.27. The number of carbonyl (C=O) groups is 1. The van der Waals surface area contributed by atoms with E-state index in [0.29, 0.717) is 36.7 Å². The quantitative estimate of drug-likeness (QED) is 0.763. The van der Waals surface area contributed by atoms with Crippen LogP contribution in [-0.2, 0) is 14.8 Å². The van der Waals surface area contributed by atoms with E-state index in [4.69, 9.17) is 5.73 Å². The zero-order valence-corrected chi connectivity index (χ0v) is 17.3. The van der Waals surface area contributed by atoms with Gasteiger partial charge in [0.15, 0.2) is 0 Å². The first-order valence-corrected chi connectivity index (χ1v) is 10.3. The molecule has 0 aliphatic carbocycles. The molecule has 2 rings (SSSR count). The fourth-order valence-electron chi connectivity index (χ4n) is 3.05. The van der Waals surface area contributed by atoms with Crippen LogP contribution in [0.1, 0.15) is 45.1 Å². The number of amides is 1. The molecule has 1 fully saturated rings. The number of aryl methyl sites for hydroxylation is 1. The van der Waals surface area contributed by atoms with E-state index in [9.17, 15) is 13.2 Å². The second kappa shape index (κ2) is 9.69. The second-order valence-corrected chi connectivity index (χ2v) is 9.08. The molecule has 0 spiro atoms. The maximum atomic E-state index is 12.9. The third-order valence-corrected chi connectivity index (χ3v) is 6.49. The molecule has 0 unspecified atom stereocenters. The molecule has 1 atom stereocenters. The summed E-state index contributed by atoms with van der Waals surface area (Å²) in [5.41, 5.74) is 7.04. The molecule has 1 saturated heterocycles. The van der Waals surface area contributed by atoms with Crippen LogP contribution in [0.5, 0.6) is 0 Å². The van der Waals surface area contributed by atoms with Gasteiger partial charge in [-0.05, 0) is 49.8 Å². The number of hydrogen-bond donors (Lipinski definition) is 2. The Morgan fingerprint density at radius 2 is 1.85 bits per heavy atom. The Morgan fingerprint density at radius 3 is 2.42 bits per heavy atom. The summed E-state index contributed by atoms with van der Waals surface area (Å²) in [6.45, 7) is 6.88. The Morgan fingerprint density at radius 1 is 1.23 bits per heavy atom. The molecule has 0 aromatic heterocycles. The van der Waals surface area contributed by atoms with Gasteiger partial charge in [0.05, 0.1) is 10.9 Å². The van der Waals surface area contributed by atoms with Crippen molar-refractivity contribution in [2.24, 2.45) is 11.7 Å². The van der Waals surface area contributed by atoms with Crippen LogP contribution in [0.4, 0.5) is 5.69 Å². The number of rotatable bonds is 6. The van der Waals surface area contributed by atoms with E-state index in [-0.39, 0.29) is 23.2 Å². The Bertz CT molecular complexity index is 716. The lowest BCUT2D eigenvalue weighted by Crippen LogP contribution is -2.37. The van der Waals surface area contributed by atoms with Crippen LogP contribution < -0.4 is 11.1 Å². The van der Waals surface area contributed by atoms with Crippen LogP contribution in [0.3, 0.4) is 0 Å². The largest absolute Gasteiger partial charge is 0.325 e. The summed E-state index contributed by atoms with van der Waals surface area (Å²) >= 11 is 0. The summed E-state index contributed by atoms with van der Waals surface area (Å²) in [7, 11) is -3.54. The van der Waals surface area contributed by atoms with Gasteiger partial charge in [-0.15, -0.1) is 12.4 Å². The number of anilines is 1. The van der Waals surface area contributed by atoms with Crippen molar-refractivity contribution in [2.45, 2.75) is 57.4 Å². The van der Waals surface area contributed by atoms with E-state index in [2.05, 4.69) is 5.32 Å². The highest BCUT2D eigenvalue weighted by molar-refractivity contribution is 7.89. The number of nitrogens with two attached hydrogens (primary N) is 1. The zero-order valence-electron chi connectivity index (χ0n) is 15.7.